The van der Waals surface area contributed by atoms with Crippen LogP contribution in [0.4, 0.5) is 0 Å². The molecule has 0 spiro atoms. The summed E-state index contributed by atoms with van der Waals surface area (Å²) in [5.74, 6) is 0.721. The first kappa shape index (κ1) is 20.7. The quantitative estimate of drug-likeness (QED) is 0.655. The number of aryl methyl sites for hydroxylation is 1. The summed E-state index contributed by atoms with van der Waals surface area (Å²) in [5.41, 5.74) is 2.00. The Bertz CT molecular complexity index is 704. The van der Waals surface area contributed by atoms with Gasteiger partial charge in [-0.3, -0.25) is 9.59 Å². The zero-order valence-electron chi connectivity index (χ0n) is 16.9. The molecule has 0 bridgehead atoms. The maximum absolute atomic E-state index is 12.5. The van der Waals surface area contributed by atoms with Gasteiger partial charge < -0.3 is 20.3 Å². The number of carbonyl (C=O) groups is 2. The van der Waals surface area contributed by atoms with E-state index in [2.05, 4.69) is 10.6 Å². The summed E-state index contributed by atoms with van der Waals surface area (Å²) >= 11 is 0. The van der Waals surface area contributed by atoms with Crippen molar-refractivity contribution in [3.05, 3.63) is 29.3 Å². The predicted molar refractivity (Wildman–Crippen MR) is 109 cm³/mol. The molecule has 1 atom stereocenters. The van der Waals surface area contributed by atoms with Crippen LogP contribution in [0.1, 0.15) is 63.0 Å². The van der Waals surface area contributed by atoms with E-state index < -0.39 is 13.1 Å². The van der Waals surface area contributed by atoms with Gasteiger partial charge in [0.15, 0.2) is 0 Å². The molecule has 3 rings (SSSR count). The summed E-state index contributed by atoms with van der Waals surface area (Å²) < 4.78 is 5.64. The molecule has 0 radical (unpaired) electrons. The van der Waals surface area contributed by atoms with Gasteiger partial charge in [0.05, 0.1) is 5.94 Å². The molecular weight excluding hydrogens is 355 g/mol. The molecule has 28 heavy (non-hydrogen) atoms. The van der Waals surface area contributed by atoms with Crippen LogP contribution in [-0.2, 0) is 16.0 Å². The van der Waals surface area contributed by atoms with Gasteiger partial charge in [0.2, 0.25) is 11.8 Å². The Labute approximate surface area is 167 Å². The first-order chi connectivity index (χ1) is 13.5. The van der Waals surface area contributed by atoms with Gasteiger partial charge in [-0.25, -0.2) is 0 Å². The molecule has 6 nitrogen and oxygen atoms in total. The molecule has 0 saturated heterocycles. The fraction of sp³-hybridized carbons (Fsp3) is 0.619. The number of nitrogens with one attached hydrogen (secondary N) is 2. The second kappa shape index (κ2) is 9.46. The summed E-state index contributed by atoms with van der Waals surface area (Å²) in [7, 11) is -1.03. The highest BCUT2D eigenvalue weighted by atomic mass is 16.5. The standard InChI is InChI=1S/C21H31BN2O4/c1-3-5-19(25)23-17-10-8-15(9-11-17)12-20(26)24-18-13-16-7-4-6-14(2)21(16)28-22(18)27/h4,6-7,15,17-18,27H,3,5,8-13H2,1-2H3,(H,23,25)(H,24,26)/t15-,17-,18-/m0/s1. The Kier molecular flexibility index (Phi) is 7.00. The molecule has 0 unspecified atom stereocenters. The minimum absolute atomic E-state index is 0.0396. The Morgan fingerprint density at radius 3 is 2.64 bits per heavy atom. The van der Waals surface area contributed by atoms with Crippen molar-refractivity contribution in [2.75, 3.05) is 0 Å². The zero-order valence-corrected chi connectivity index (χ0v) is 16.9. The van der Waals surface area contributed by atoms with E-state index >= 15 is 0 Å². The number of hydrogen-bond acceptors (Lipinski definition) is 4. The molecular formula is C21H31BN2O4. The Morgan fingerprint density at radius 1 is 1.18 bits per heavy atom. The van der Waals surface area contributed by atoms with Crippen molar-refractivity contribution in [3.63, 3.8) is 0 Å². The molecule has 1 heterocycles. The molecule has 1 saturated carbocycles. The largest absolute Gasteiger partial charge is 0.547 e. The zero-order chi connectivity index (χ0) is 20.1. The molecule has 152 valence electrons. The Hall–Kier alpha value is -2.02. The maximum atomic E-state index is 12.5. The number of amides is 2. The van der Waals surface area contributed by atoms with E-state index in [0.717, 1.165) is 49.0 Å². The number of benzene rings is 1. The molecule has 1 aromatic carbocycles. The third kappa shape index (κ3) is 5.28. The molecule has 1 aliphatic heterocycles. The molecule has 1 aromatic rings. The van der Waals surface area contributed by atoms with Crippen molar-refractivity contribution in [1.82, 2.24) is 10.6 Å². The van der Waals surface area contributed by atoms with E-state index in [9.17, 15) is 14.6 Å². The molecule has 7 heteroatoms. The lowest BCUT2D eigenvalue weighted by atomic mass is 9.72. The molecule has 2 aliphatic rings. The van der Waals surface area contributed by atoms with Gasteiger partial charge in [-0.05, 0) is 62.5 Å². The predicted octanol–water partition coefficient (Wildman–Crippen LogP) is 2.30. The lowest BCUT2D eigenvalue weighted by molar-refractivity contribution is -0.124. The average molecular weight is 386 g/mol. The van der Waals surface area contributed by atoms with Gasteiger partial charge in [0, 0.05) is 18.9 Å². The number of para-hydroxylation sites is 1. The Morgan fingerprint density at radius 2 is 1.93 bits per heavy atom. The van der Waals surface area contributed by atoms with Crippen molar-refractivity contribution in [1.29, 1.82) is 0 Å². The minimum Gasteiger partial charge on any atom is -0.534 e. The van der Waals surface area contributed by atoms with Crippen LogP contribution in [0.2, 0.25) is 0 Å². The smallest absolute Gasteiger partial charge is 0.534 e. The number of hydrogen-bond donors (Lipinski definition) is 3. The van der Waals surface area contributed by atoms with Gasteiger partial charge in [-0.1, -0.05) is 25.1 Å². The third-order valence-corrected chi connectivity index (χ3v) is 5.83. The van der Waals surface area contributed by atoms with E-state index in [1.54, 1.807) is 0 Å². The normalized spacial score (nSPS) is 24.1. The van der Waals surface area contributed by atoms with Crippen LogP contribution in [-0.4, -0.2) is 35.9 Å². The van der Waals surface area contributed by atoms with Gasteiger partial charge >= 0.3 is 7.12 Å². The van der Waals surface area contributed by atoms with E-state index in [4.69, 9.17) is 4.65 Å². The van der Waals surface area contributed by atoms with Crippen LogP contribution in [0.5, 0.6) is 5.75 Å². The Balaban J connectivity index is 1.44. The first-order valence-electron chi connectivity index (χ1n) is 10.5. The third-order valence-electron chi connectivity index (χ3n) is 5.83. The number of rotatable bonds is 6. The second-order valence-electron chi connectivity index (χ2n) is 8.19. The van der Waals surface area contributed by atoms with Crippen molar-refractivity contribution in [3.8, 4) is 5.75 Å². The van der Waals surface area contributed by atoms with E-state index in [1.165, 1.54) is 0 Å². The number of fused-ring (bicyclic) bond motifs is 1. The number of carbonyl (C=O) groups excluding carboxylic acids is 2. The second-order valence-corrected chi connectivity index (χ2v) is 8.19. The minimum atomic E-state index is -1.03. The van der Waals surface area contributed by atoms with E-state index in [1.807, 2.05) is 32.0 Å². The van der Waals surface area contributed by atoms with Crippen LogP contribution in [0, 0.1) is 12.8 Å². The molecule has 2 amide bonds. The van der Waals surface area contributed by atoms with Crippen LogP contribution < -0.4 is 15.3 Å². The lowest BCUT2D eigenvalue weighted by Gasteiger charge is -2.31. The molecule has 3 N–H and O–H groups in total. The SMILES string of the molecule is CCCC(=O)N[C@H]1CC[C@H](CC(=O)N[C@H]2Cc3cccc(C)c3OB2O)CC1. The summed E-state index contributed by atoms with van der Waals surface area (Å²) in [6.07, 6.45) is 6.20. The van der Waals surface area contributed by atoms with E-state index in [0.29, 0.717) is 25.2 Å². The topological polar surface area (TPSA) is 87.7 Å². The lowest BCUT2D eigenvalue weighted by Crippen LogP contribution is -2.53. The van der Waals surface area contributed by atoms with Crippen LogP contribution >= 0.6 is 0 Å². The average Bonchev–Trinajstić information content (AvgIpc) is 2.65. The summed E-state index contributed by atoms with van der Waals surface area (Å²) in [5, 5.41) is 16.3. The van der Waals surface area contributed by atoms with Crippen LogP contribution in [0.3, 0.4) is 0 Å². The van der Waals surface area contributed by atoms with Gasteiger partial charge in [-0.2, -0.15) is 0 Å². The van der Waals surface area contributed by atoms with Crippen LogP contribution in [0.15, 0.2) is 18.2 Å². The highest BCUT2D eigenvalue weighted by molar-refractivity contribution is 6.46. The van der Waals surface area contributed by atoms with Gasteiger partial charge in [0.25, 0.3) is 0 Å². The summed E-state index contributed by atoms with van der Waals surface area (Å²) in [6.45, 7) is 3.95. The van der Waals surface area contributed by atoms with Gasteiger partial charge in [0.1, 0.15) is 5.75 Å². The molecule has 0 aromatic heterocycles. The van der Waals surface area contributed by atoms with Crippen molar-refractivity contribution in [2.45, 2.75) is 77.2 Å². The monoisotopic (exact) mass is 386 g/mol. The first-order valence-corrected chi connectivity index (χ1v) is 10.5. The molecule has 1 fully saturated rings. The highest BCUT2D eigenvalue weighted by Gasteiger charge is 2.36. The van der Waals surface area contributed by atoms with Crippen LogP contribution in [0.25, 0.3) is 0 Å². The van der Waals surface area contributed by atoms with Crippen molar-refractivity contribution >= 4 is 18.9 Å². The van der Waals surface area contributed by atoms with Gasteiger partial charge in [-0.15, -0.1) is 0 Å². The molecule has 1 aliphatic carbocycles. The summed E-state index contributed by atoms with van der Waals surface area (Å²) in [4.78, 5) is 24.2. The highest BCUT2D eigenvalue weighted by Crippen LogP contribution is 2.30. The summed E-state index contributed by atoms with van der Waals surface area (Å²) in [6, 6.07) is 6.13. The fourth-order valence-corrected chi connectivity index (χ4v) is 4.27. The van der Waals surface area contributed by atoms with E-state index in [-0.39, 0.29) is 17.9 Å². The maximum Gasteiger partial charge on any atom is 0.547 e. The van der Waals surface area contributed by atoms with Crippen molar-refractivity contribution < 1.29 is 19.3 Å². The van der Waals surface area contributed by atoms with Crippen molar-refractivity contribution in [2.24, 2.45) is 5.92 Å². The fourth-order valence-electron chi connectivity index (χ4n) is 4.27.